The largest absolute Gasteiger partial charge is 0.513 e. The van der Waals surface area contributed by atoms with E-state index in [-0.39, 0.29) is 12.6 Å². The Labute approximate surface area is 141 Å². The molecule has 0 saturated carbocycles. The summed E-state index contributed by atoms with van der Waals surface area (Å²) in [6.45, 7) is 4.40. The number of hydrogen-bond acceptors (Lipinski definition) is 4. The molecule has 0 unspecified atom stereocenters. The number of amides is 2. The van der Waals surface area contributed by atoms with Gasteiger partial charge in [0.2, 0.25) is 0 Å². The summed E-state index contributed by atoms with van der Waals surface area (Å²) in [4.78, 5) is 25.3. The van der Waals surface area contributed by atoms with Gasteiger partial charge in [0, 0.05) is 17.9 Å². The van der Waals surface area contributed by atoms with Crippen molar-refractivity contribution >= 4 is 23.6 Å². The predicted octanol–water partition coefficient (Wildman–Crippen LogP) is 4.28. The van der Waals surface area contributed by atoms with E-state index < -0.39 is 6.16 Å². The van der Waals surface area contributed by atoms with Gasteiger partial charge in [0.1, 0.15) is 5.75 Å². The smallest absolute Gasteiger partial charge is 0.434 e. The minimum atomic E-state index is -0.754. The van der Waals surface area contributed by atoms with E-state index in [2.05, 4.69) is 5.32 Å². The monoisotopic (exact) mass is 328 g/mol. The topological polar surface area (TPSA) is 67.9 Å². The zero-order valence-electron chi connectivity index (χ0n) is 13.7. The lowest BCUT2D eigenvalue weighted by molar-refractivity contribution is 0.104. The summed E-state index contributed by atoms with van der Waals surface area (Å²) in [5, 5.41) is 2.81. The Morgan fingerprint density at radius 2 is 1.67 bits per heavy atom. The van der Waals surface area contributed by atoms with Crippen LogP contribution in [0.5, 0.6) is 5.75 Å². The van der Waals surface area contributed by atoms with E-state index in [1.807, 2.05) is 37.3 Å². The molecule has 2 amide bonds. The molecule has 0 fully saturated rings. The van der Waals surface area contributed by atoms with E-state index in [0.717, 1.165) is 5.69 Å². The molecule has 2 aromatic rings. The Balaban J connectivity index is 1.99. The van der Waals surface area contributed by atoms with Crippen molar-refractivity contribution in [3.8, 4) is 5.75 Å². The van der Waals surface area contributed by atoms with Gasteiger partial charge in [-0.25, -0.2) is 9.59 Å². The molecule has 0 aliphatic rings. The van der Waals surface area contributed by atoms with Gasteiger partial charge >= 0.3 is 12.2 Å². The van der Waals surface area contributed by atoms with E-state index in [9.17, 15) is 9.59 Å². The molecule has 126 valence electrons. The highest BCUT2D eigenvalue weighted by atomic mass is 16.7. The van der Waals surface area contributed by atoms with Crippen LogP contribution in [0.4, 0.5) is 21.0 Å². The van der Waals surface area contributed by atoms with Gasteiger partial charge in [-0.05, 0) is 50.2 Å². The Bertz CT molecular complexity index is 671. The third-order valence-corrected chi connectivity index (χ3v) is 3.20. The first-order valence-corrected chi connectivity index (χ1v) is 7.72. The lowest BCUT2D eigenvalue weighted by Crippen LogP contribution is -2.34. The molecule has 0 aliphatic heterocycles. The first kappa shape index (κ1) is 17.3. The van der Waals surface area contributed by atoms with Gasteiger partial charge in [-0.2, -0.15) is 0 Å². The number of benzene rings is 2. The molecular weight excluding hydrogens is 308 g/mol. The van der Waals surface area contributed by atoms with Crippen LogP contribution in [0.2, 0.25) is 0 Å². The van der Waals surface area contributed by atoms with Crippen LogP contribution in [0.15, 0.2) is 54.6 Å². The van der Waals surface area contributed by atoms with Gasteiger partial charge in [-0.15, -0.1) is 0 Å². The molecule has 0 aromatic heterocycles. The fourth-order valence-electron chi connectivity index (χ4n) is 2.09. The molecular formula is C18H20N2O4. The molecule has 6 nitrogen and oxygen atoms in total. The minimum Gasteiger partial charge on any atom is -0.434 e. The van der Waals surface area contributed by atoms with Crippen molar-refractivity contribution in [2.24, 2.45) is 0 Å². The van der Waals surface area contributed by atoms with Crippen LogP contribution >= 0.6 is 0 Å². The molecule has 0 radical (unpaired) electrons. The van der Waals surface area contributed by atoms with E-state index in [1.54, 1.807) is 36.1 Å². The maximum Gasteiger partial charge on any atom is 0.513 e. The van der Waals surface area contributed by atoms with Crippen molar-refractivity contribution in [1.29, 1.82) is 0 Å². The second-order valence-corrected chi connectivity index (χ2v) is 4.82. The van der Waals surface area contributed by atoms with E-state index in [0.29, 0.717) is 18.0 Å². The van der Waals surface area contributed by atoms with Crippen molar-refractivity contribution < 1.29 is 19.1 Å². The number of carbonyl (C=O) groups excluding carboxylic acids is 2. The number of nitrogens with zero attached hydrogens (tertiary/aromatic N) is 1. The van der Waals surface area contributed by atoms with Crippen molar-refractivity contribution in [3.05, 3.63) is 54.6 Å². The number of urea groups is 1. The number of carbonyl (C=O) groups is 2. The van der Waals surface area contributed by atoms with Crippen LogP contribution in [-0.4, -0.2) is 25.3 Å². The first-order chi connectivity index (χ1) is 11.6. The summed E-state index contributed by atoms with van der Waals surface area (Å²) >= 11 is 0. The number of rotatable bonds is 5. The van der Waals surface area contributed by atoms with Crippen molar-refractivity contribution in [2.75, 3.05) is 23.4 Å². The molecule has 2 rings (SSSR count). The first-order valence-electron chi connectivity index (χ1n) is 7.72. The molecule has 0 heterocycles. The number of nitrogens with one attached hydrogen (secondary N) is 1. The summed E-state index contributed by atoms with van der Waals surface area (Å²) in [6.07, 6.45) is -0.754. The Morgan fingerprint density at radius 3 is 2.25 bits per heavy atom. The standard InChI is InChI=1S/C18H20N2O4/c1-3-20(15-8-6-5-7-9-15)17(21)19-14-10-12-16(13-11-14)24-18(22)23-4-2/h5-13H,3-4H2,1-2H3,(H,19,21). The molecule has 1 N–H and O–H groups in total. The van der Waals surface area contributed by atoms with Crippen molar-refractivity contribution in [1.82, 2.24) is 0 Å². The number of hydrogen-bond donors (Lipinski definition) is 1. The lowest BCUT2D eigenvalue weighted by Gasteiger charge is -2.21. The Kier molecular flexibility index (Phi) is 6.19. The number of para-hydroxylation sites is 1. The third kappa shape index (κ3) is 4.74. The van der Waals surface area contributed by atoms with Gasteiger partial charge in [0.05, 0.1) is 6.61 Å². The molecule has 2 aromatic carbocycles. The highest BCUT2D eigenvalue weighted by molar-refractivity contribution is 6.01. The average Bonchev–Trinajstić information content (AvgIpc) is 2.58. The number of anilines is 2. The molecule has 0 aliphatic carbocycles. The SMILES string of the molecule is CCOC(=O)Oc1ccc(NC(=O)N(CC)c2ccccc2)cc1. The second kappa shape index (κ2) is 8.57. The summed E-state index contributed by atoms with van der Waals surface area (Å²) in [5.74, 6) is 0.349. The summed E-state index contributed by atoms with van der Waals surface area (Å²) in [6, 6.07) is 15.7. The summed E-state index contributed by atoms with van der Waals surface area (Å²) in [5.41, 5.74) is 1.42. The molecule has 24 heavy (non-hydrogen) atoms. The molecule has 0 atom stereocenters. The fourth-order valence-corrected chi connectivity index (χ4v) is 2.09. The van der Waals surface area contributed by atoms with Gasteiger partial charge in [-0.1, -0.05) is 18.2 Å². The average molecular weight is 328 g/mol. The van der Waals surface area contributed by atoms with E-state index >= 15 is 0 Å². The van der Waals surface area contributed by atoms with Gasteiger partial charge < -0.3 is 14.8 Å². The van der Waals surface area contributed by atoms with Crippen LogP contribution < -0.4 is 15.0 Å². The zero-order chi connectivity index (χ0) is 17.4. The molecule has 6 heteroatoms. The summed E-state index contributed by atoms with van der Waals surface area (Å²) in [7, 11) is 0. The van der Waals surface area contributed by atoms with E-state index in [1.165, 1.54) is 0 Å². The molecule has 0 saturated heterocycles. The Morgan fingerprint density at radius 1 is 1.00 bits per heavy atom. The fraction of sp³-hybridized carbons (Fsp3) is 0.222. The van der Waals surface area contributed by atoms with E-state index in [4.69, 9.17) is 9.47 Å². The quantitative estimate of drug-likeness (QED) is 0.657. The molecule has 0 bridgehead atoms. The minimum absolute atomic E-state index is 0.234. The van der Waals surface area contributed by atoms with Crippen molar-refractivity contribution in [2.45, 2.75) is 13.8 Å². The zero-order valence-corrected chi connectivity index (χ0v) is 13.7. The Hall–Kier alpha value is -3.02. The van der Waals surface area contributed by atoms with Gasteiger partial charge in [0.15, 0.2) is 0 Å². The highest BCUT2D eigenvalue weighted by Gasteiger charge is 2.13. The number of ether oxygens (including phenoxy) is 2. The summed E-state index contributed by atoms with van der Waals surface area (Å²) < 4.78 is 9.67. The predicted molar refractivity (Wildman–Crippen MR) is 92.6 cm³/mol. The maximum atomic E-state index is 12.4. The normalized spacial score (nSPS) is 9.92. The van der Waals surface area contributed by atoms with Crippen LogP contribution in [-0.2, 0) is 4.74 Å². The highest BCUT2D eigenvalue weighted by Crippen LogP contribution is 2.18. The van der Waals surface area contributed by atoms with Crippen LogP contribution in [0.25, 0.3) is 0 Å². The molecule has 0 spiro atoms. The van der Waals surface area contributed by atoms with Crippen LogP contribution in [0.1, 0.15) is 13.8 Å². The lowest BCUT2D eigenvalue weighted by atomic mass is 10.3. The van der Waals surface area contributed by atoms with Crippen LogP contribution in [0.3, 0.4) is 0 Å². The third-order valence-electron chi connectivity index (χ3n) is 3.20. The second-order valence-electron chi connectivity index (χ2n) is 4.82. The van der Waals surface area contributed by atoms with Gasteiger partial charge in [0.25, 0.3) is 0 Å². The van der Waals surface area contributed by atoms with Gasteiger partial charge in [-0.3, -0.25) is 4.90 Å². The van der Waals surface area contributed by atoms with Crippen LogP contribution in [0, 0.1) is 0 Å². The maximum absolute atomic E-state index is 12.4. The van der Waals surface area contributed by atoms with Crippen molar-refractivity contribution in [3.63, 3.8) is 0 Å².